The predicted molar refractivity (Wildman–Crippen MR) is 252 cm³/mol. The molecule has 2 N–H and O–H groups in total. The maximum Gasteiger partial charge on any atom is 0.308 e. The quantitative estimate of drug-likeness (QED) is 0.0569. The molecule has 3 amide bonds. The molecule has 2 fully saturated rings. The Kier molecular flexibility index (Phi) is 20.5. The highest BCUT2D eigenvalue weighted by Crippen LogP contribution is 2.30. The molecule has 2 aromatic carbocycles. The molecule has 17 heteroatoms. The summed E-state index contributed by atoms with van der Waals surface area (Å²) in [6.07, 6.45) is 2.14. The molecule has 0 bridgehead atoms. The fraction of sp³-hybridized carbons (Fsp3) is 0.588. The summed E-state index contributed by atoms with van der Waals surface area (Å²) in [5, 5.41) is 13.5. The minimum atomic E-state index is -1.17. The van der Waals surface area contributed by atoms with E-state index in [1.165, 1.54) is 9.58 Å². The van der Waals surface area contributed by atoms with Gasteiger partial charge in [0.1, 0.15) is 17.1 Å². The van der Waals surface area contributed by atoms with E-state index >= 15 is 9.59 Å². The van der Waals surface area contributed by atoms with Crippen LogP contribution in [0.2, 0.25) is 0 Å². The Morgan fingerprint density at radius 1 is 0.853 bits per heavy atom. The van der Waals surface area contributed by atoms with Gasteiger partial charge in [-0.05, 0) is 62.0 Å². The number of nitrogens with zero attached hydrogens (tertiary/aromatic N) is 5. The van der Waals surface area contributed by atoms with Crippen LogP contribution in [0.15, 0.2) is 66.9 Å². The summed E-state index contributed by atoms with van der Waals surface area (Å²) in [7, 11) is 1.70. The number of morpholine rings is 1. The van der Waals surface area contributed by atoms with Crippen molar-refractivity contribution in [1.82, 2.24) is 35.4 Å². The second-order valence-electron chi connectivity index (χ2n) is 19.2. The minimum Gasteiger partial charge on any atom is -0.444 e. The van der Waals surface area contributed by atoms with Crippen molar-refractivity contribution in [2.75, 3.05) is 46.2 Å². The van der Waals surface area contributed by atoms with Gasteiger partial charge in [0.25, 0.3) is 0 Å². The smallest absolute Gasteiger partial charge is 0.308 e. The van der Waals surface area contributed by atoms with Crippen LogP contribution in [-0.4, -0.2) is 130 Å². The topological polar surface area (TPSA) is 212 Å². The van der Waals surface area contributed by atoms with Gasteiger partial charge in [-0.1, -0.05) is 93.6 Å². The third-order valence-corrected chi connectivity index (χ3v) is 12.3. The number of benzene rings is 2. The summed E-state index contributed by atoms with van der Waals surface area (Å²) >= 11 is 0. The first-order chi connectivity index (χ1) is 32.5. The number of ether oxygens (including phenoxy) is 3. The van der Waals surface area contributed by atoms with Crippen molar-refractivity contribution >= 4 is 41.0 Å². The van der Waals surface area contributed by atoms with Crippen LogP contribution in [0.3, 0.4) is 0 Å². The minimum absolute atomic E-state index is 0.0626. The molecule has 68 heavy (non-hydrogen) atoms. The van der Waals surface area contributed by atoms with E-state index in [2.05, 4.69) is 20.9 Å². The number of Topliss-reactive ketones (excluding diaryl/α,β-unsaturated/α-hetero) is 3. The Morgan fingerprint density at radius 3 is 2.10 bits per heavy atom. The summed E-state index contributed by atoms with van der Waals surface area (Å²) in [4.78, 5) is 102. The highest BCUT2D eigenvalue weighted by molar-refractivity contribution is 5.98. The number of esters is 1. The van der Waals surface area contributed by atoms with Crippen LogP contribution in [0.4, 0.5) is 0 Å². The highest BCUT2D eigenvalue weighted by Gasteiger charge is 2.50. The van der Waals surface area contributed by atoms with Gasteiger partial charge in [-0.25, -0.2) is 0 Å². The second-order valence-corrected chi connectivity index (χ2v) is 19.2. The Morgan fingerprint density at radius 2 is 1.50 bits per heavy atom. The molecule has 2 aliphatic rings. The van der Waals surface area contributed by atoms with Crippen molar-refractivity contribution in [1.29, 1.82) is 0 Å². The lowest BCUT2D eigenvalue weighted by Crippen LogP contribution is -2.52. The molecule has 17 nitrogen and oxygen atoms in total. The van der Waals surface area contributed by atoms with E-state index in [-0.39, 0.29) is 88.0 Å². The van der Waals surface area contributed by atoms with Crippen LogP contribution >= 0.6 is 0 Å². The Hall–Kier alpha value is -5.65. The van der Waals surface area contributed by atoms with Crippen LogP contribution in [0.5, 0.6) is 0 Å². The monoisotopic (exact) mass is 942 g/mol. The van der Waals surface area contributed by atoms with Crippen LogP contribution in [0.25, 0.3) is 0 Å². The third-order valence-electron chi connectivity index (χ3n) is 12.3. The zero-order valence-corrected chi connectivity index (χ0v) is 40.7. The molecule has 5 rings (SSSR count). The third kappa shape index (κ3) is 17.5. The molecule has 3 aromatic rings. The number of carbonyl (C=O) groups excluding carboxylic acids is 7. The summed E-state index contributed by atoms with van der Waals surface area (Å²) in [5.41, 5.74) is 1.31. The molecular weight excluding hydrogens is 871 g/mol. The van der Waals surface area contributed by atoms with Crippen LogP contribution in [0.1, 0.15) is 96.4 Å². The van der Waals surface area contributed by atoms with Gasteiger partial charge < -0.3 is 24.8 Å². The number of aryl methyl sites for hydroxylation is 2. The number of ketones is 3. The van der Waals surface area contributed by atoms with Crippen molar-refractivity contribution in [3.63, 3.8) is 0 Å². The predicted octanol–water partition coefficient (Wildman–Crippen LogP) is 4.20. The standard InChI is InChI=1S/C51H71N7O10/c1-35(2)25-43(48(63)51(5)33-68-51)53-49(64)40(27-38-15-11-8-12-16-38)29-45(60)44(26-36(3)4)58(34-67-47(62)20-19-46(61)52-30-41-31-56(6)55-54-41)50(65)39(18-17-37-13-9-7-10-14-37)28-42(59)32-57-21-23-66-24-22-57/h7-16,31,35-36,39-40,43-44H,17-30,32-34H2,1-6H3,(H,52,61)(H,53,64)/t39-,40-,43+,44+,51-/m1/s1. The molecule has 2 aliphatic heterocycles. The molecule has 3 heterocycles. The van der Waals surface area contributed by atoms with E-state index in [0.717, 1.165) is 11.1 Å². The zero-order chi connectivity index (χ0) is 49.2. The Labute approximate surface area is 400 Å². The van der Waals surface area contributed by atoms with Crippen molar-refractivity contribution in [3.05, 3.63) is 83.7 Å². The van der Waals surface area contributed by atoms with Gasteiger partial charge in [0.2, 0.25) is 17.7 Å². The largest absolute Gasteiger partial charge is 0.444 e. The number of hydrogen-bond acceptors (Lipinski definition) is 13. The molecule has 2 saturated heterocycles. The molecule has 0 saturated carbocycles. The average molecular weight is 942 g/mol. The fourth-order valence-electron chi connectivity index (χ4n) is 8.40. The van der Waals surface area contributed by atoms with E-state index in [0.29, 0.717) is 44.8 Å². The number of carbonyl (C=O) groups is 7. The van der Waals surface area contributed by atoms with Crippen molar-refractivity contribution in [2.45, 2.75) is 117 Å². The Balaban J connectivity index is 1.43. The van der Waals surface area contributed by atoms with E-state index in [4.69, 9.17) is 14.2 Å². The number of aromatic nitrogens is 3. The van der Waals surface area contributed by atoms with Gasteiger partial charge in [-0.15, -0.1) is 5.10 Å². The molecule has 1 aromatic heterocycles. The highest BCUT2D eigenvalue weighted by atomic mass is 16.6. The molecular formula is C51H71N7O10. The number of nitrogens with one attached hydrogen (secondary N) is 2. The number of amides is 3. The van der Waals surface area contributed by atoms with E-state index < -0.39 is 65.7 Å². The van der Waals surface area contributed by atoms with Gasteiger partial charge in [0, 0.05) is 57.4 Å². The maximum atomic E-state index is 15.2. The van der Waals surface area contributed by atoms with E-state index in [1.807, 2.05) is 93.3 Å². The SMILES string of the molecule is CC(C)C[C@H](NC(=O)[C@@H](CC(=O)[C@H](CC(C)C)N(COC(=O)CCC(=O)NCc1cn(C)nn1)C(=O)[C@H](CCc1ccccc1)CC(=O)CN1CCOCC1)Cc1ccccc1)C(=O)[C@@]1(C)CO1. The van der Waals surface area contributed by atoms with E-state index in [9.17, 15) is 24.0 Å². The number of rotatable bonds is 29. The fourth-order valence-corrected chi connectivity index (χ4v) is 8.40. The molecule has 0 radical (unpaired) electrons. The van der Waals surface area contributed by atoms with Crippen molar-refractivity contribution in [3.8, 4) is 0 Å². The van der Waals surface area contributed by atoms with Crippen LogP contribution in [-0.2, 0) is 74.2 Å². The van der Waals surface area contributed by atoms with Gasteiger partial charge >= 0.3 is 5.97 Å². The normalized spacial score (nSPS) is 17.7. The summed E-state index contributed by atoms with van der Waals surface area (Å²) < 4.78 is 18.2. The first-order valence-electron chi connectivity index (χ1n) is 24.0. The Bertz CT molecular complexity index is 2140. The van der Waals surface area contributed by atoms with E-state index in [1.54, 1.807) is 20.2 Å². The summed E-state index contributed by atoms with van der Waals surface area (Å²) in [6.45, 7) is 11.5. The van der Waals surface area contributed by atoms with Gasteiger partial charge in [-0.2, -0.15) is 0 Å². The lowest BCUT2D eigenvalue weighted by atomic mass is 9.86. The lowest BCUT2D eigenvalue weighted by Gasteiger charge is -2.35. The first kappa shape index (κ1) is 53.3. The van der Waals surface area contributed by atoms with Crippen molar-refractivity contribution in [2.24, 2.45) is 30.7 Å². The zero-order valence-electron chi connectivity index (χ0n) is 40.7. The van der Waals surface area contributed by atoms with Gasteiger partial charge in [-0.3, -0.25) is 48.0 Å². The molecule has 0 spiro atoms. The van der Waals surface area contributed by atoms with Crippen LogP contribution < -0.4 is 10.6 Å². The number of hydrogen-bond donors (Lipinski definition) is 2. The lowest BCUT2D eigenvalue weighted by molar-refractivity contribution is -0.161. The molecule has 5 atom stereocenters. The summed E-state index contributed by atoms with van der Waals surface area (Å²) in [6, 6.07) is 16.8. The second kappa shape index (κ2) is 26.2. The number of epoxide rings is 1. The maximum absolute atomic E-state index is 15.2. The first-order valence-corrected chi connectivity index (χ1v) is 24.0. The molecule has 0 aliphatic carbocycles. The van der Waals surface area contributed by atoms with Gasteiger partial charge in [0.15, 0.2) is 18.3 Å². The van der Waals surface area contributed by atoms with Crippen LogP contribution in [0, 0.1) is 23.7 Å². The van der Waals surface area contributed by atoms with Crippen molar-refractivity contribution < 1.29 is 47.8 Å². The molecule has 370 valence electrons. The summed E-state index contributed by atoms with van der Waals surface area (Å²) in [5.74, 6) is -4.95. The van der Waals surface area contributed by atoms with Gasteiger partial charge in [0.05, 0.1) is 51.4 Å². The average Bonchev–Trinajstić information content (AvgIpc) is 3.93. The molecule has 0 unspecified atom stereocenters.